The number of nitrogens with zero attached hydrogens (tertiary/aromatic N) is 1. The van der Waals surface area contributed by atoms with E-state index in [4.69, 9.17) is 14.0 Å². The highest BCUT2D eigenvalue weighted by Crippen LogP contribution is 2.31. The molecule has 2 N–H and O–H groups in total. The molecule has 1 saturated heterocycles. The molecule has 8 nitrogen and oxygen atoms in total. The Kier molecular flexibility index (Phi) is 5.97. The molecule has 0 saturated carbocycles. The predicted octanol–water partition coefficient (Wildman–Crippen LogP) is 3.00. The fourth-order valence-corrected chi connectivity index (χ4v) is 4.74. The van der Waals surface area contributed by atoms with Gasteiger partial charge in [0.05, 0.1) is 18.3 Å². The number of H-pyrrole nitrogens is 1. The number of methoxy groups -OCH3 is 1. The lowest BCUT2D eigenvalue weighted by atomic mass is 9.89. The van der Waals surface area contributed by atoms with Crippen LogP contribution in [0.5, 0.6) is 0 Å². The fraction of sp³-hybridized carbons (Fsp3) is 0.360. The van der Waals surface area contributed by atoms with Crippen LogP contribution in [0.25, 0.3) is 16.8 Å². The number of carbonyl (C=O) groups excluding carboxylic acids is 1. The molecule has 1 fully saturated rings. The van der Waals surface area contributed by atoms with Crippen molar-refractivity contribution in [2.75, 3.05) is 26.7 Å². The van der Waals surface area contributed by atoms with Crippen LogP contribution >= 0.6 is 0 Å². The minimum Gasteiger partial charge on any atom is -0.467 e. The summed E-state index contributed by atoms with van der Waals surface area (Å²) in [6.07, 6.45) is 4.59. The number of oxazole rings is 1. The van der Waals surface area contributed by atoms with Gasteiger partial charge >= 0.3 is 11.7 Å². The van der Waals surface area contributed by atoms with Crippen LogP contribution in [0, 0.1) is 11.7 Å². The van der Waals surface area contributed by atoms with Crippen LogP contribution in [0.2, 0.25) is 0 Å². The van der Waals surface area contributed by atoms with E-state index in [9.17, 15) is 14.0 Å². The van der Waals surface area contributed by atoms with Crippen molar-refractivity contribution < 1.29 is 23.2 Å². The highest BCUT2D eigenvalue weighted by atomic mass is 19.1. The first-order chi connectivity index (χ1) is 16.4. The minimum atomic E-state index is -1.29. The zero-order valence-corrected chi connectivity index (χ0v) is 18.8. The molecule has 1 unspecified atom stereocenters. The maximum atomic E-state index is 13.2. The Hall–Kier alpha value is -3.43. The molecule has 0 aliphatic carbocycles. The van der Waals surface area contributed by atoms with Crippen molar-refractivity contribution >= 4 is 22.8 Å². The Labute approximate surface area is 195 Å². The van der Waals surface area contributed by atoms with E-state index in [0.717, 1.165) is 43.5 Å². The van der Waals surface area contributed by atoms with Gasteiger partial charge in [-0.3, -0.25) is 20.2 Å². The van der Waals surface area contributed by atoms with E-state index in [2.05, 4.69) is 15.4 Å². The van der Waals surface area contributed by atoms with Gasteiger partial charge in [0.25, 0.3) is 0 Å². The second kappa shape index (κ2) is 9.08. The number of ether oxygens (including phenoxy) is 1. The number of carbonyl (C=O) groups is 1. The lowest BCUT2D eigenvalue weighted by Gasteiger charge is -2.36. The van der Waals surface area contributed by atoms with Crippen LogP contribution in [-0.4, -0.2) is 48.2 Å². The molecule has 5 rings (SSSR count). The van der Waals surface area contributed by atoms with Gasteiger partial charge in [0.1, 0.15) is 5.82 Å². The third-order valence-electron chi connectivity index (χ3n) is 6.59. The predicted molar refractivity (Wildman–Crippen MR) is 123 cm³/mol. The molecule has 3 heterocycles. The third-order valence-corrected chi connectivity index (χ3v) is 6.59. The van der Waals surface area contributed by atoms with Crippen molar-refractivity contribution in [2.24, 2.45) is 5.92 Å². The number of hydroxylamine groups is 1. The van der Waals surface area contributed by atoms with Crippen molar-refractivity contribution in [1.29, 1.82) is 0 Å². The molecule has 0 bridgehead atoms. The van der Waals surface area contributed by atoms with Crippen molar-refractivity contribution in [1.82, 2.24) is 15.4 Å². The van der Waals surface area contributed by atoms with Crippen LogP contribution in [0.4, 0.5) is 4.39 Å². The van der Waals surface area contributed by atoms with Gasteiger partial charge in [-0.1, -0.05) is 18.2 Å². The van der Waals surface area contributed by atoms with E-state index in [1.54, 1.807) is 18.2 Å². The monoisotopic (exact) mass is 467 g/mol. The maximum absolute atomic E-state index is 13.2. The molecular formula is C25H26FN3O5. The Morgan fingerprint density at radius 1 is 1.21 bits per heavy atom. The lowest BCUT2D eigenvalue weighted by Crippen LogP contribution is -2.51. The number of hydrogen-bond acceptors (Lipinski definition) is 7. The number of hydrogen-bond donors (Lipinski definition) is 2. The molecule has 0 amide bonds. The molecule has 2 aliphatic heterocycles. The largest absolute Gasteiger partial charge is 0.467 e. The zero-order chi connectivity index (χ0) is 23.7. The number of piperidine rings is 1. The SMILES string of the molecule is COC(=O)C1(CN2CCC(Cc3ccc(F)cc3)CC2)C=C(c2ccc3[nH]c(=O)oc3c2)NO1. The molecule has 3 aromatic rings. The van der Waals surface area contributed by atoms with Crippen molar-refractivity contribution in [3.63, 3.8) is 0 Å². The normalized spacial score (nSPS) is 21.4. The summed E-state index contributed by atoms with van der Waals surface area (Å²) in [5.74, 6) is -0.727. The van der Waals surface area contributed by atoms with E-state index < -0.39 is 17.3 Å². The van der Waals surface area contributed by atoms with Gasteiger partial charge in [-0.25, -0.2) is 14.0 Å². The van der Waals surface area contributed by atoms with E-state index in [1.165, 1.54) is 19.2 Å². The number of likely N-dealkylation sites (tertiary alicyclic amines) is 1. The number of esters is 1. The van der Waals surface area contributed by atoms with Crippen molar-refractivity contribution in [3.8, 4) is 0 Å². The molecule has 1 aromatic heterocycles. The van der Waals surface area contributed by atoms with Crippen molar-refractivity contribution in [2.45, 2.75) is 24.9 Å². The topological polar surface area (TPSA) is 96.8 Å². The Bertz CT molecular complexity index is 1270. The highest BCUT2D eigenvalue weighted by Gasteiger charge is 2.46. The minimum absolute atomic E-state index is 0.221. The van der Waals surface area contributed by atoms with Gasteiger partial charge in [0.2, 0.25) is 5.60 Å². The van der Waals surface area contributed by atoms with Gasteiger partial charge in [-0.05, 0) is 74.2 Å². The molecule has 2 aliphatic rings. The number of halogens is 1. The average molecular weight is 467 g/mol. The van der Waals surface area contributed by atoms with Gasteiger partial charge in [-0.2, -0.15) is 0 Å². The second-order valence-corrected chi connectivity index (χ2v) is 8.92. The molecule has 9 heteroatoms. The molecule has 178 valence electrons. The molecular weight excluding hydrogens is 441 g/mol. The Morgan fingerprint density at radius 3 is 2.71 bits per heavy atom. The molecule has 2 aromatic carbocycles. The Morgan fingerprint density at radius 2 is 1.97 bits per heavy atom. The van der Waals surface area contributed by atoms with E-state index in [1.807, 2.05) is 18.2 Å². The molecule has 34 heavy (non-hydrogen) atoms. The first-order valence-corrected chi connectivity index (χ1v) is 11.3. The van der Waals surface area contributed by atoms with Gasteiger partial charge in [0.15, 0.2) is 5.58 Å². The van der Waals surface area contributed by atoms with E-state index >= 15 is 0 Å². The number of nitrogens with one attached hydrogen (secondary N) is 2. The summed E-state index contributed by atoms with van der Waals surface area (Å²) in [7, 11) is 1.34. The fourth-order valence-electron chi connectivity index (χ4n) is 4.74. The Balaban J connectivity index is 1.28. The zero-order valence-electron chi connectivity index (χ0n) is 18.8. The summed E-state index contributed by atoms with van der Waals surface area (Å²) in [5.41, 5.74) is 5.04. The van der Waals surface area contributed by atoms with Crippen LogP contribution in [0.15, 0.2) is 57.8 Å². The first kappa shape index (κ1) is 22.4. The van der Waals surface area contributed by atoms with Crippen LogP contribution in [0.1, 0.15) is 24.0 Å². The summed E-state index contributed by atoms with van der Waals surface area (Å²) >= 11 is 0. The van der Waals surface area contributed by atoms with E-state index in [-0.39, 0.29) is 5.82 Å². The van der Waals surface area contributed by atoms with Crippen LogP contribution in [-0.2, 0) is 20.8 Å². The highest BCUT2D eigenvalue weighted by molar-refractivity contribution is 5.88. The van der Waals surface area contributed by atoms with Gasteiger partial charge in [0, 0.05) is 12.1 Å². The van der Waals surface area contributed by atoms with Crippen molar-refractivity contribution in [3.05, 3.63) is 76.0 Å². The smallest absolute Gasteiger partial charge is 0.417 e. The van der Waals surface area contributed by atoms with Crippen LogP contribution in [0.3, 0.4) is 0 Å². The lowest BCUT2D eigenvalue weighted by molar-refractivity contribution is -0.168. The number of fused-ring (bicyclic) bond motifs is 1. The number of benzene rings is 2. The summed E-state index contributed by atoms with van der Waals surface area (Å²) in [5, 5.41) is 0. The number of aromatic amines is 1. The number of aromatic nitrogens is 1. The number of rotatable bonds is 6. The summed E-state index contributed by atoms with van der Waals surface area (Å²) in [6.45, 7) is 1.98. The standard InChI is InChI=1S/C25H26FN3O5/c1-32-23(30)25(14-21(28-34-25)18-4-7-20-22(13-18)33-24(31)27-20)15-29-10-8-17(9-11-29)12-16-2-5-19(26)6-3-16/h2-7,13-14,17,28H,8-12,15H2,1H3,(H,27,31). The first-order valence-electron chi connectivity index (χ1n) is 11.3. The quantitative estimate of drug-likeness (QED) is 0.538. The van der Waals surface area contributed by atoms with Gasteiger partial charge < -0.3 is 9.15 Å². The van der Waals surface area contributed by atoms with Gasteiger partial charge in [-0.15, -0.1) is 0 Å². The summed E-state index contributed by atoms with van der Waals surface area (Å²) < 4.78 is 23.4. The summed E-state index contributed by atoms with van der Waals surface area (Å²) in [4.78, 5) is 34.9. The third kappa shape index (κ3) is 4.49. The molecule has 0 radical (unpaired) electrons. The molecule has 0 spiro atoms. The molecule has 1 atom stereocenters. The van der Waals surface area contributed by atoms with E-state index in [0.29, 0.717) is 29.3 Å². The summed E-state index contributed by atoms with van der Waals surface area (Å²) in [6, 6.07) is 11.9. The van der Waals surface area contributed by atoms with Crippen LogP contribution < -0.4 is 11.2 Å². The maximum Gasteiger partial charge on any atom is 0.417 e. The average Bonchev–Trinajstić information content (AvgIpc) is 3.44. The second-order valence-electron chi connectivity index (χ2n) is 8.92.